The van der Waals surface area contributed by atoms with E-state index in [9.17, 15) is 21.6 Å². The minimum Gasteiger partial charge on any atom is -0.280 e. The van der Waals surface area contributed by atoms with Crippen LogP contribution < -0.4 is 4.72 Å². The van der Waals surface area contributed by atoms with Gasteiger partial charge in [-0.1, -0.05) is 34.1 Å². The Hall–Kier alpha value is -1.54. The standard InChI is InChI=1S/C13H9BrF3NO2S/c14-10-6-9(13(15,16)17)7-11(8-10)18-21(19,20)12-4-2-1-3-5-12/h1-8,18H. The van der Waals surface area contributed by atoms with Crippen molar-refractivity contribution >= 4 is 31.6 Å². The van der Waals surface area contributed by atoms with Crippen molar-refractivity contribution in [2.45, 2.75) is 11.1 Å². The molecule has 0 unspecified atom stereocenters. The molecule has 2 rings (SSSR count). The largest absolute Gasteiger partial charge is 0.416 e. The van der Waals surface area contributed by atoms with Crippen molar-refractivity contribution in [3.8, 4) is 0 Å². The van der Waals surface area contributed by atoms with Gasteiger partial charge in [0.1, 0.15) is 0 Å². The number of sulfonamides is 1. The fourth-order valence-corrected chi connectivity index (χ4v) is 3.18. The third-order valence-corrected chi connectivity index (χ3v) is 4.39. The number of hydrogen-bond acceptors (Lipinski definition) is 2. The lowest BCUT2D eigenvalue weighted by Crippen LogP contribution is -2.14. The smallest absolute Gasteiger partial charge is 0.280 e. The molecule has 112 valence electrons. The Morgan fingerprint density at radius 2 is 1.62 bits per heavy atom. The van der Waals surface area contributed by atoms with E-state index in [-0.39, 0.29) is 15.1 Å². The number of anilines is 1. The Kier molecular flexibility index (Phi) is 4.29. The van der Waals surface area contributed by atoms with Crippen LogP contribution in [0.4, 0.5) is 18.9 Å². The summed E-state index contributed by atoms with van der Waals surface area (Å²) in [6.07, 6.45) is -4.56. The lowest BCUT2D eigenvalue weighted by atomic mass is 10.2. The molecule has 8 heteroatoms. The molecule has 1 N–H and O–H groups in total. The monoisotopic (exact) mass is 379 g/mol. The van der Waals surface area contributed by atoms with Gasteiger partial charge in [-0.2, -0.15) is 13.2 Å². The summed E-state index contributed by atoms with van der Waals surface area (Å²) >= 11 is 2.93. The maximum Gasteiger partial charge on any atom is 0.416 e. The van der Waals surface area contributed by atoms with Gasteiger partial charge in [-0.05, 0) is 30.3 Å². The molecule has 21 heavy (non-hydrogen) atoms. The van der Waals surface area contributed by atoms with Gasteiger partial charge in [0.15, 0.2) is 0 Å². The molecule has 2 aromatic rings. The van der Waals surface area contributed by atoms with Gasteiger partial charge in [0.2, 0.25) is 0 Å². The summed E-state index contributed by atoms with van der Waals surface area (Å²) in [7, 11) is -3.93. The summed E-state index contributed by atoms with van der Waals surface area (Å²) in [6, 6.07) is 10.3. The van der Waals surface area contributed by atoms with E-state index in [1.165, 1.54) is 30.3 Å². The minimum atomic E-state index is -4.56. The Morgan fingerprint density at radius 1 is 1.00 bits per heavy atom. The van der Waals surface area contributed by atoms with E-state index in [0.717, 1.165) is 12.1 Å². The highest BCUT2D eigenvalue weighted by Crippen LogP contribution is 2.33. The van der Waals surface area contributed by atoms with Crippen LogP contribution in [0.2, 0.25) is 0 Å². The summed E-state index contributed by atoms with van der Waals surface area (Å²) in [5.74, 6) is 0. The second-order valence-electron chi connectivity index (χ2n) is 4.14. The molecule has 0 atom stereocenters. The van der Waals surface area contributed by atoms with E-state index < -0.39 is 21.8 Å². The quantitative estimate of drug-likeness (QED) is 0.865. The number of rotatable bonds is 3. The van der Waals surface area contributed by atoms with E-state index in [0.29, 0.717) is 0 Å². The van der Waals surface area contributed by atoms with E-state index in [4.69, 9.17) is 0 Å². The predicted molar refractivity (Wildman–Crippen MR) is 76.4 cm³/mol. The second kappa shape index (κ2) is 5.69. The molecule has 0 saturated heterocycles. The normalized spacial score (nSPS) is 12.2. The highest BCUT2D eigenvalue weighted by molar-refractivity contribution is 9.10. The number of halogens is 4. The molecular weight excluding hydrogens is 371 g/mol. The van der Waals surface area contributed by atoms with Gasteiger partial charge in [-0.15, -0.1) is 0 Å². The van der Waals surface area contributed by atoms with Crippen molar-refractivity contribution < 1.29 is 21.6 Å². The fourth-order valence-electron chi connectivity index (χ4n) is 1.63. The zero-order valence-corrected chi connectivity index (χ0v) is 12.8. The second-order valence-corrected chi connectivity index (χ2v) is 6.74. The molecule has 0 fully saturated rings. The van der Waals surface area contributed by atoms with E-state index in [2.05, 4.69) is 20.7 Å². The van der Waals surface area contributed by atoms with Crippen LogP contribution in [0.3, 0.4) is 0 Å². The zero-order valence-electron chi connectivity index (χ0n) is 10.4. The first kappa shape index (κ1) is 15.8. The maximum absolute atomic E-state index is 12.7. The van der Waals surface area contributed by atoms with Gasteiger partial charge < -0.3 is 0 Å². The first-order valence-corrected chi connectivity index (χ1v) is 7.92. The summed E-state index contributed by atoms with van der Waals surface area (Å²) in [5.41, 5.74) is -1.11. The first-order valence-electron chi connectivity index (χ1n) is 5.64. The molecule has 0 radical (unpaired) electrons. The van der Waals surface area contributed by atoms with Crippen molar-refractivity contribution in [2.75, 3.05) is 4.72 Å². The van der Waals surface area contributed by atoms with Crippen LogP contribution >= 0.6 is 15.9 Å². The van der Waals surface area contributed by atoms with Crippen molar-refractivity contribution in [2.24, 2.45) is 0 Å². The van der Waals surface area contributed by atoms with Crippen molar-refractivity contribution in [3.63, 3.8) is 0 Å². The third kappa shape index (κ3) is 3.98. The van der Waals surface area contributed by atoms with Crippen LogP contribution in [0.15, 0.2) is 57.9 Å². The number of hydrogen-bond donors (Lipinski definition) is 1. The Labute approximate surface area is 128 Å². The van der Waals surface area contributed by atoms with Crippen molar-refractivity contribution in [1.29, 1.82) is 0 Å². The lowest BCUT2D eigenvalue weighted by molar-refractivity contribution is -0.137. The molecule has 0 aliphatic rings. The third-order valence-electron chi connectivity index (χ3n) is 2.53. The van der Waals surface area contributed by atoms with Crippen LogP contribution in [0.25, 0.3) is 0 Å². The molecule has 0 aliphatic heterocycles. The lowest BCUT2D eigenvalue weighted by Gasteiger charge is -2.12. The summed E-state index contributed by atoms with van der Waals surface area (Å²) < 4.78 is 64.5. The molecular formula is C13H9BrF3NO2S. The zero-order chi connectivity index (χ0) is 15.7. The van der Waals surface area contributed by atoms with Crippen molar-refractivity contribution in [1.82, 2.24) is 0 Å². The average molecular weight is 380 g/mol. The fraction of sp³-hybridized carbons (Fsp3) is 0.0769. The van der Waals surface area contributed by atoms with Crippen LogP contribution in [-0.2, 0) is 16.2 Å². The summed E-state index contributed by atoms with van der Waals surface area (Å²) in [4.78, 5) is -0.0291. The molecule has 0 aliphatic carbocycles. The van der Waals surface area contributed by atoms with E-state index >= 15 is 0 Å². The van der Waals surface area contributed by atoms with Gasteiger partial charge in [0.25, 0.3) is 10.0 Å². The molecule has 0 heterocycles. The topological polar surface area (TPSA) is 46.2 Å². The van der Waals surface area contributed by atoms with Gasteiger partial charge in [-0.25, -0.2) is 8.42 Å². The van der Waals surface area contributed by atoms with Gasteiger partial charge in [0.05, 0.1) is 16.1 Å². The SMILES string of the molecule is O=S(=O)(Nc1cc(Br)cc(C(F)(F)F)c1)c1ccccc1. The van der Waals surface area contributed by atoms with Gasteiger partial charge >= 0.3 is 6.18 Å². The van der Waals surface area contributed by atoms with Crippen LogP contribution in [-0.4, -0.2) is 8.42 Å². The molecule has 0 aromatic heterocycles. The molecule has 0 bridgehead atoms. The summed E-state index contributed by atoms with van der Waals surface area (Å²) in [5, 5.41) is 0. The Balaban J connectivity index is 2.38. The number of alkyl halides is 3. The maximum atomic E-state index is 12.7. The molecule has 3 nitrogen and oxygen atoms in total. The molecule has 0 amide bonds. The average Bonchev–Trinajstić information content (AvgIpc) is 2.37. The molecule has 2 aromatic carbocycles. The Morgan fingerprint density at radius 3 is 2.19 bits per heavy atom. The van der Waals surface area contributed by atoms with Crippen LogP contribution in [0.5, 0.6) is 0 Å². The minimum absolute atomic E-state index is 0.0291. The predicted octanol–water partition coefficient (Wildman–Crippen LogP) is 4.27. The highest BCUT2D eigenvalue weighted by Gasteiger charge is 2.31. The van der Waals surface area contributed by atoms with E-state index in [1.54, 1.807) is 6.07 Å². The summed E-state index contributed by atoms with van der Waals surface area (Å²) in [6.45, 7) is 0. The van der Waals surface area contributed by atoms with Gasteiger partial charge in [-0.3, -0.25) is 4.72 Å². The van der Waals surface area contributed by atoms with Crippen LogP contribution in [0.1, 0.15) is 5.56 Å². The molecule has 0 saturated carbocycles. The van der Waals surface area contributed by atoms with Crippen LogP contribution in [0, 0.1) is 0 Å². The Bertz CT molecular complexity index is 746. The van der Waals surface area contributed by atoms with Gasteiger partial charge in [0, 0.05) is 4.47 Å². The van der Waals surface area contributed by atoms with Crippen molar-refractivity contribution in [3.05, 3.63) is 58.6 Å². The number of nitrogens with one attached hydrogen (secondary N) is 1. The first-order chi connectivity index (χ1) is 9.68. The molecule has 0 spiro atoms. The number of benzene rings is 2. The highest BCUT2D eigenvalue weighted by atomic mass is 79.9. The van der Waals surface area contributed by atoms with E-state index in [1.807, 2.05) is 0 Å².